The van der Waals surface area contributed by atoms with Gasteiger partial charge in [-0.2, -0.15) is 0 Å². The highest BCUT2D eigenvalue weighted by Crippen LogP contribution is 2.27. The van der Waals surface area contributed by atoms with Gasteiger partial charge in [-0.05, 0) is 19.1 Å². The third kappa shape index (κ3) is 4.04. The number of ether oxygens (including phenoxy) is 1. The fourth-order valence-corrected chi connectivity index (χ4v) is 2.80. The average Bonchev–Trinajstić information content (AvgIpc) is 2.46. The van der Waals surface area contributed by atoms with Crippen molar-refractivity contribution in [2.24, 2.45) is 0 Å². The van der Waals surface area contributed by atoms with E-state index < -0.39 is 4.92 Å². The number of aryl methyl sites for hydroxylation is 1. The normalized spacial score (nSPS) is 10.4. The lowest BCUT2D eigenvalue weighted by molar-refractivity contribution is -0.384. The molecule has 0 atom stereocenters. The van der Waals surface area contributed by atoms with Crippen LogP contribution >= 0.6 is 31.9 Å². The van der Waals surface area contributed by atoms with Crippen molar-refractivity contribution in [1.29, 1.82) is 0 Å². The van der Waals surface area contributed by atoms with Crippen LogP contribution in [0, 0.1) is 17.0 Å². The highest BCUT2D eigenvalue weighted by atomic mass is 79.9. The molecular formula is C15H13Br2NO3. The number of nitro benzene ring substituents is 1. The Hall–Kier alpha value is -1.40. The van der Waals surface area contributed by atoms with E-state index in [1.807, 2.05) is 19.1 Å². The van der Waals surface area contributed by atoms with Gasteiger partial charge in [0.05, 0.1) is 4.92 Å². The van der Waals surface area contributed by atoms with Crippen molar-refractivity contribution in [1.82, 2.24) is 0 Å². The molecule has 110 valence electrons. The Balaban J connectivity index is 2.15. The molecule has 0 unspecified atom stereocenters. The summed E-state index contributed by atoms with van der Waals surface area (Å²) in [5, 5.41) is 11.4. The van der Waals surface area contributed by atoms with Gasteiger partial charge in [0.1, 0.15) is 12.4 Å². The first-order valence-electron chi connectivity index (χ1n) is 6.22. The van der Waals surface area contributed by atoms with Crippen LogP contribution in [0.15, 0.2) is 40.9 Å². The number of alkyl halides is 1. The maximum Gasteiger partial charge on any atom is 0.270 e. The molecule has 4 nitrogen and oxygen atoms in total. The van der Waals surface area contributed by atoms with Gasteiger partial charge in [0, 0.05) is 33.1 Å². The molecule has 0 amide bonds. The average molecular weight is 415 g/mol. The molecule has 0 heterocycles. The van der Waals surface area contributed by atoms with Crippen LogP contribution in [-0.2, 0) is 11.9 Å². The molecule has 2 aromatic rings. The highest BCUT2D eigenvalue weighted by molar-refractivity contribution is 9.10. The van der Waals surface area contributed by atoms with Crippen molar-refractivity contribution in [2.75, 3.05) is 0 Å². The molecule has 0 aliphatic carbocycles. The van der Waals surface area contributed by atoms with Crippen LogP contribution in [-0.4, -0.2) is 4.92 Å². The van der Waals surface area contributed by atoms with Crippen LogP contribution in [0.1, 0.15) is 16.7 Å². The zero-order chi connectivity index (χ0) is 15.4. The summed E-state index contributed by atoms with van der Waals surface area (Å²) in [6.45, 7) is 2.38. The molecule has 0 aromatic heterocycles. The van der Waals surface area contributed by atoms with Crippen LogP contribution in [0.3, 0.4) is 0 Å². The number of hydrogen-bond acceptors (Lipinski definition) is 3. The lowest BCUT2D eigenvalue weighted by atomic mass is 10.1. The quantitative estimate of drug-likeness (QED) is 0.386. The van der Waals surface area contributed by atoms with Crippen LogP contribution in [0.4, 0.5) is 5.69 Å². The van der Waals surface area contributed by atoms with Crippen molar-refractivity contribution in [3.8, 4) is 5.75 Å². The molecule has 2 rings (SSSR count). The van der Waals surface area contributed by atoms with E-state index in [4.69, 9.17) is 4.74 Å². The zero-order valence-electron chi connectivity index (χ0n) is 11.3. The molecule has 0 saturated carbocycles. The Morgan fingerprint density at radius 3 is 2.57 bits per heavy atom. The maximum atomic E-state index is 10.7. The lowest BCUT2D eigenvalue weighted by Gasteiger charge is -2.12. The van der Waals surface area contributed by atoms with Crippen molar-refractivity contribution < 1.29 is 9.66 Å². The van der Waals surface area contributed by atoms with Gasteiger partial charge in [-0.1, -0.05) is 49.6 Å². The Kier molecular flexibility index (Phi) is 5.36. The van der Waals surface area contributed by atoms with Crippen LogP contribution < -0.4 is 4.74 Å². The molecule has 21 heavy (non-hydrogen) atoms. The Morgan fingerprint density at radius 1 is 1.19 bits per heavy atom. The Bertz CT molecular complexity index is 674. The van der Waals surface area contributed by atoms with Gasteiger partial charge in [0.15, 0.2) is 0 Å². The smallest absolute Gasteiger partial charge is 0.270 e. The standard InChI is InChI=1S/C15H13Br2NO3/c1-10-2-5-15(12(6-10)8-16)21-9-11-3-4-13(18(19)20)7-14(11)17/h2-7H,8-9H2,1H3. The molecule has 0 radical (unpaired) electrons. The van der Waals surface area contributed by atoms with Gasteiger partial charge < -0.3 is 4.74 Å². The number of halogens is 2. The van der Waals surface area contributed by atoms with Gasteiger partial charge >= 0.3 is 0 Å². The fraction of sp³-hybridized carbons (Fsp3) is 0.200. The maximum absolute atomic E-state index is 10.7. The second kappa shape index (κ2) is 7.04. The molecule has 0 bridgehead atoms. The number of nitrogens with zero attached hydrogens (tertiary/aromatic N) is 1. The minimum atomic E-state index is -0.418. The fourth-order valence-electron chi connectivity index (χ4n) is 1.88. The predicted octanol–water partition coefficient (Wildman–Crippen LogP) is 5.14. The lowest BCUT2D eigenvalue weighted by Crippen LogP contribution is -2.00. The molecular weight excluding hydrogens is 402 g/mol. The summed E-state index contributed by atoms with van der Waals surface area (Å²) in [5.74, 6) is 0.808. The summed E-state index contributed by atoms with van der Waals surface area (Å²) in [5.41, 5.74) is 3.17. The number of hydrogen-bond donors (Lipinski definition) is 0. The summed E-state index contributed by atoms with van der Waals surface area (Å²) in [7, 11) is 0. The monoisotopic (exact) mass is 413 g/mol. The molecule has 0 fully saturated rings. The number of nitro groups is 1. The molecule has 2 aromatic carbocycles. The third-order valence-corrected chi connectivity index (χ3v) is 4.33. The van der Waals surface area contributed by atoms with Crippen molar-refractivity contribution in [2.45, 2.75) is 18.9 Å². The van der Waals surface area contributed by atoms with Gasteiger partial charge in [-0.15, -0.1) is 0 Å². The first-order chi connectivity index (χ1) is 10.0. The molecule has 0 aliphatic heterocycles. The van der Waals surface area contributed by atoms with E-state index >= 15 is 0 Å². The third-order valence-electron chi connectivity index (χ3n) is 2.99. The van der Waals surface area contributed by atoms with Gasteiger partial charge in [0.25, 0.3) is 5.69 Å². The topological polar surface area (TPSA) is 52.4 Å². The van der Waals surface area contributed by atoms with E-state index in [-0.39, 0.29) is 5.69 Å². The Morgan fingerprint density at radius 2 is 1.95 bits per heavy atom. The second-order valence-electron chi connectivity index (χ2n) is 4.57. The van der Waals surface area contributed by atoms with Gasteiger partial charge in [-0.3, -0.25) is 10.1 Å². The largest absolute Gasteiger partial charge is 0.489 e. The summed E-state index contributed by atoms with van der Waals surface area (Å²) in [6.07, 6.45) is 0. The minimum Gasteiger partial charge on any atom is -0.489 e. The summed E-state index contributed by atoms with van der Waals surface area (Å²) >= 11 is 6.79. The van der Waals surface area contributed by atoms with E-state index in [0.29, 0.717) is 16.4 Å². The molecule has 0 N–H and O–H groups in total. The molecule has 0 aliphatic rings. The van der Waals surface area contributed by atoms with E-state index in [1.165, 1.54) is 17.7 Å². The first-order valence-corrected chi connectivity index (χ1v) is 8.14. The predicted molar refractivity (Wildman–Crippen MR) is 88.9 cm³/mol. The van der Waals surface area contributed by atoms with Gasteiger partial charge in [0.2, 0.25) is 0 Å². The zero-order valence-corrected chi connectivity index (χ0v) is 14.5. The van der Waals surface area contributed by atoms with Crippen LogP contribution in [0.5, 0.6) is 5.75 Å². The van der Waals surface area contributed by atoms with Crippen LogP contribution in [0.25, 0.3) is 0 Å². The summed E-state index contributed by atoms with van der Waals surface area (Å²) in [6, 6.07) is 10.7. The minimum absolute atomic E-state index is 0.0575. The van der Waals surface area contributed by atoms with Crippen molar-refractivity contribution >= 4 is 37.5 Å². The summed E-state index contributed by atoms with van der Waals surface area (Å²) in [4.78, 5) is 10.3. The molecule has 0 spiro atoms. The van der Waals surface area contributed by atoms with E-state index in [1.54, 1.807) is 6.07 Å². The van der Waals surface area contributed by atoms with E-state index in [9.17, 15) is 10.1 Å². The SMILES string of the molecule is Cc1ccc(OCc2ccc([N+](=O)[O-])cc2Br)c(CBr)c1. The van der Waals surface area contributed by atoms with Crippen molar-refractivity contribution in [3.63, 3.8) is 0 Å². The highest BCUT2D eigenvalue weighted by Gasteiger charge is 2.10. The number of benzene rings is 2. The van der Waals surface area contributed by atoms with Crippen molar-refractivity contribution in [3.05, 3.63) is 67.7 Å². The van der Waals surface area contributed by atoms with Crippen LogP contribution in [0.2, 0.25) is 0 Å². The molecule has 0 saturated heterocycles. The first kappa shape index (κ1) is 16.0. The van der Waals surface area contributed by atoms with Gasteiger partial charge in [-0.25, -0.2) is 0 Å². The second-order valence-corrected chi connectivity index (χ2v) is 5.98. The number of non-ortho nitro benzene ring substituents is 1. The Labute approximate surface area is 139 Å². The number of rotatable bonds is 5. The van der Waals surface area contributed by atoms with E-state index in [2.05, 4.69) is 37.9 Å². The molecule has 6 heteroatoms. The van der Waals surface area contributed by atoms with E-state index in [0.717, 1.165) is 16.9 Å². The summed E-state index contributed by atoms with van der Waals surface area (Å²) < 4.78 is 6.49.